The van der Waals surface area contributed by atoms with Gasteiger partial charge in [0.25, 0.3) is 0 Å². The van der Waals surface area contributed by atoms with Gasteiger partial charge in [-0.2, -0.15) is 0 Å². The Morgan fingerprint density at radius 3 is 2.00 bits per heavy atom. The smallest absolute Gasteiger partial charge is 0.100 e. The zero-order valence-electron chi connectivity index (χ0n) is 7.18. The fourth-order valence-corrected chi connectivity index (χ4v) is 1.21. The zero-order valence-corrected chi connectivity index (χ0v) is 7.18. The number of fused-ring (bicyclic) bond motifs is 1. The van der Waals surface area contributed by atoms with Crippen LogP contribution < -0.4 is 0 Å². The Balaban J connectivity index is 0.000000120. The molecule has 72 valence electrons. The Morgan fingerprint density at radius 2 is 2.00 bits per heavy atom. The quantitative estimate of drug-likeness (QED) is 0.478. The second-order valence-electron chi connectivity index (χ2n) is 3.37. The van der Waals surface area contributed by atoms with Crippen molar-refractivity contribution in [2.24, 2.45) is 5.92 Å². The predicted molar refractivity (Wildman–Crippen MR) is 42.6 cm³/mol. The number of hydrogen-bond donors (Lipinski definition) is 3. The third-order valence-corrected chi connectivity index (χ3v) is 2.21. The van der Waals surface area contributed by atoms with Gasteiger partial charge in [-0.25, -0.2) is 0 Å². The van der Waals surface area contributed by atoms with E-state index in [1.165, 1.54) is 6.42 Å². The normalized spacial score (nSPS) is 36.2. The molecule has 1 saturated heterocycles. The molecule has 1 saturated carbocycles. The fraction of sp³-hybridized carbons (Fsp3) is 1.00. The predicted octanol–water partition coefficient (Wildman–Crippen LogP) is -0.875. The number of rotatable bonds is 2. The van der Waals surface area contributed by atoms with E-state index in [4.69, 9.17) is 20.1 Å². The van der Waals surface area contributed by atoms with Crippen molar-refractivity contribution in [3.63, 3.8) is 0 Å². The molecule has 0 radical (unpaired) electrons. The standard InChI is InChI=1S/C5H8O.C3H8O3/c1-3-2-4-5(3)6-4;4-1-3(6)2-5/h3-5H,2H2,1H3;3-6H,1-2H2. The molecule has 1 aliphatic carbocycles. The van der Waals surface area contributed by atoms with Gasteiger partial charge >= 0.3 is 0 Å². The molecule has 4 heteroatoms. The van der Waals surface area contributed by atoms with E-state index in [0.717, 1.165) is 5.92 Å². The van der Waals surface area contributed by atoms with Crippen molar-refractivity contribution in [1.29, 1.82) is 0 Å². The monoisotopic (exact) mass is 176 g/mol. The third-order valence-electron chi connectivity index (χ3n) is 2.21. The summed E-state index contributed by atoms with van der Waals surface area (Å²) in [6, 6.07) is 0. The zero-order chi connectivity index (χ0) is 9.14. The van der Waals surface area contributed by atoms with Gasteiger partial charge in [0.1, 0.15) is 6.10 Å². The van der Waals surface area contributed by atoms with Gasteiger partial charge in [0.2, 0.25) is 0 Å². The molecule has 3 atom stereocenters. The Hall–Kier alpha value is -0.160. The highest BCUT2D eigenvalue weighted by Crippen LogP contribution is 2.45. The molecule has 12 heavy (non-hydrogen) atoms. The maximum Gasteiger partial charge on any atom is 0.100 e. The number of aliphatic hydroxyl groups excluding tert-OH is 3. The highest BCUT2D eigenvalue weighted by Gasteiger charge is 2.53. The first kappa shape index (κ1) is 9.92. The largest absolute Gasteiger partial charge is 0.394 e. The molecule has 0 aromatic heterocycles. The van der Waals surface area contributed by atoms with Crippen molar-refractivity contribution in [3.8, 4) is 0 Å². The molecule has 2 fully saturated rings. The average molecular weight is 176 g/mol. The first-order chi connectivity index (χ1) is 5.69. The molecule has 2 aliphatic rings. The van der Waals surface area contributed by atoms with Crippen molar-refractivity contribution < 1.29 is 20.1 Å². The van der Waals surface area contributed by atoms with Gasteiger partial charge in [-0.15, -0.1) is 0 Å². The lowest BCUT2D eigenvalue weighted by atomic mass is 9.88. The molecule has 1 heterocycles. The molecule has 0 bridgehead atoms. The SMILES string of the molecule is CC1CC2OC12.OCC(O)CO. The summed E-state index contributed by atoms with van der Waals surface area (Å²) in [5.41, 5.74) is 0. The highest BCUT2D eigenvalue weighted by molar-refractivity contribution is 5.00. The van der Waals surface area contributed by atoms with E-state index >= 15 is 0 Å². The van der Waals surface area contributed by atoms with Crippen LogP contribution in [0.3, 0.4) is 0 Å². The summed E-state index contributed by atoms with van der Waals surface area (Å²) in [7, 11) is 0. The van der Waals surface area contributed by atoms with Crippen molar-refractivity contribution in [2.45, 2.75) is 31.7 Å². The van der Waals surface area contributed by atoms with Crippen molar-refractivity contribution in [2.75, 3.05) is 13.2 Å². The van der Waals surface area contributed by atoms with Crippen LogP contribution in [0.15, 0.2) is 0 Å². The Morgan fingerprint density at radius 1 is 1.42 bits per heavy atom. The van der Waals surface area contributed by atoms with Crippen LogP contribution in [-0.2, 0) is 4.74 Å². The molecule has 4 nitrogen and oxygen atoms in total. The topological polar surface area (TPSA) is 73.2 Å². The van der Waals surface area contributed by atoms with Gasteiger partial charge in [-0.05, 0) is 12.3 Å². The van der Waals surface area contributed by atoms with Gasteiger partial charge in [0, 0.05) is 0 Å². The highest BCUT2D eigenvalue weighted by atomic mass is 16.6. The first-order valence-corrected chi connectivity index (χ1v) is 4.24. The summed E-state index contributed by atoms with van der Waals surface area (Å²) in [6.45, 7) is 1.52. The fourth-order valence-electron chi connectivity index (χ4n) is 1.21. The molecule has 0 aromatic rings. The number of ether oxygens (including phenoxy) is 1. The van der Waals surface area contributed by atoms with E-state index in [9.17, 15) is 0 Å². The summed E-state index contributed by atoms with van der Waals surface area (Å²) in [4.78, 5) is 0. The average Bonchev–Trinajstić information content (AvgIpc) is 2.76. The molecule has 3 unspecified atom stereocenters. The molecule has 0 amide bonds. The van der Waals surface area contributed by atoms with Crippen LogP contribution >= 0.6 is 0 Å². The summed E-state index contributed by atoms with van der Waals surface area (Å²) in [5.74, 6) is 0.884. The molecule has 0 spiro atoms. The first-order valence-electron chi connectivity index (χ1n) is 4.24. The third kappa shape index (κ3) is 2.42. The van der Waals surface area contributed by atoms with Crippen LogP contribution in [0.1, 0.15) is 13.3 Å². The Labute approximate surface area is 71.8 Å². The molecule has 3 N–H and O–H groups in total. The minimum atomic E-state index is -0.954. The Bertz CT molecular complexity index is 135. The number of aliphatic hydroxyl groups is 3. The van der Waals surface area contributed by atoms with Gasteiger partial charge < -0.3 is 20.1 Å². The molecule has 1 aliphatic heterocycles. The van der Waals surface area contributed by atoms with E-state index in [1.54, 1.807) is 0 Å². The van der Waals surface area contributed by atoms with Gasteiger partial charge in [0.05, 0.1) is 25.4 Å². The van der Waals surface area contributed by atoms with E-state index < -0.39 is 6.10 Å². The number of epoxide rings is 1. The second kappa shape index (κ2) is 4.18. The number of hydrogen-bond acceptors (Lipinski definition) is 4. The van der Waals surface area contributed by atoms with Crippen LogP contribution in [0.2, 0.25) is 0 Å². The summed E-state index contributed by atoms with van der Waals surface area (Å²) >= 11 is 0. The van der Waals surface area contributed by atoms with Crippen LogP contribution in [0, 0.1) is 5.92 Å². The maximum absolute atomic E-state index is 8.17. The minimum Gasteiger partial charge on any atom is -0.394 e. The van der Waals surface area contributed by atoms with Crippen molar-refractivity contribution >= 4 is 0 Å². The lowest BCUT2D eigenvalue weighted by Gasteiger charge is -2.11. The molecular weight excluding hydrogens is 160 g/mol. The summed E-state index contributed by atoms with van der Waals surface area (Å²) in [6.07, 6.45) is 1.78. The van der Waals surface area contributed by atoms with Crippen LogP contribution in [0.5, 0.6) is 0 Å². The molecule has 0 aromatic carbocycles. The van der Waals surface area contributed by atoms with E-state index in [-0.39, 0.29) is 13.2 Å². The lowest BCUT2D eigenvalue weighted by molar-refractivity contribution is 0.0450. The minimum absolute atomic E-state index is 0.365. The van der Waals surface area contributed by atoms with Crippen molar-refractivity contribution in [3.05, 3.63) is 0 Å². The van der Waals surface area contributed by atoms with Crippen LogP contribution in [-0.4, -0.2) is 46.8 Å². The van der Waals surface area contributed by atoms with E-state index in [2.05, 4.69) is 6.92 Å². The molecular formula is C8H16O4. The molecule has 2 rings (SSSR count). The van der Waals surface area contributed by atoms with Gasteiger partial charge in [-0.3, -0.25) is 0 Å². The maximum atomic E-state index is 8.17. The van der Waals surface area contributed by atoms with Crippen LogP contribution in [0.25, 0.3) is 0 Å². The second-order valence-corrected chi connectivity index (χ2v) is 3.37. The summed E-state index contributed by atoms with van der Waals surface area (Å²) < 4.78 is 5.14. The summed E-state index contributed by atoms with van der Waals surface area (Å²) in [5, 5.41) is 24.0. The van der Waals surface area contributed by atoms with Gasteiger partial charge in [0.15, 0.2) is 0 Å². The van der Waals surface area contributed by atoms with Gasteiger partial charge in [-0.1, -0.05) is 6.92 Å². The van der Waals surface area contributed by atoms with E-state index in [1.807, 2.05) is 0 Å². The lowest BCUT2D eigenvalue weighted by Crippen LogP contribution is -2.19. The van der Waals surface area contributed by atoms with E-state index in [0.29, 0.717) is 12.2 Å². The van der Waals surface area contributed by atoms with Crippen molar-refractivity contribution in [1.82, 2.24) is 0 Å². The Kier molecular flexibility index (Phi) is 3.46. The van der Waals surface area contributed by atoms with Crippen LogP contribution in [0.4, 0.5) is 0 Å².